The number of aryl methyl sites for hydroxylation is 2. The van der Waals surface area contributed by atoms with Crippen molar-refractivity contribution in [3.63, 3.8) is 0 Å². The van der Waals surface area contributed by atoms with E-state index in [2.05, 4.69) is 0 Å². The van der Waals surface area contributed by atoms with E-state index in [1.54, 1.807) is 43.3 Å². The van der Waals surface area contributed by atoms with Crippen LogP contribution in [-0.2, 0) is 14.8 Å². The minimum atomic E-state index is -4.35. The Morgan fingerprint density at radius 1 is 0.824 bits per heavy atom. The second kappa shape index (κ2) is 8.53. The molecule has 0 saturated carbocycles. The first kappa shape index (κ1) is 23.4. The number of carbonyl (C=O) groups is 3. The first-order valence-corrected chi connectivity index (χ1v) is 12.2. The smallest absolute Gasteiger partial charge is 0.270 e. The molecular weight excluding hydrogens is 452 g/mol. The fourth-order valence-corrected chi connectivity index (χ4v) is 5.51. The molecule has 1 atom stereocenters. The van der Waals surface area contributed by atoms with Crippen LogP contribution in [0.15, 0.2) is 71.6 Å². The van der Waals surface area contributed by atoms with E-state index in [4.69, 9.17) is 0 Å². The molecular formula is C26H24N2O5S. The van der Waals surface area contributed by atoms with Gasteiger partial charge in [-0.05, 0) is 69.2 Å². The molecule has 0 aliphatic carbocycles. The van der Waals surface area contributed by atoms with E-state index < -0.39 is 33.8 Å². The number of sulfonamides is 1. The van der Waals surface area contributed by atoms with Gasteiger partial charge in [-0.1, -0.05) is 42.0 Å². The lowest BCUT2D eigenvalue weighted by atomic mass is 10.1. The summed E-state index contributed by atoms with van der Waals surface area (Å²) >= 11 is 0. The maximum atomic E-state index is 13.8. The molecule has 1 aliphatic heterocycles. The van der Waals surface area contributed by atoms with E-state index in [1.807, 2.05) is 19.9 Å². The first-order valence-electron chi connectivity index (χ1n) is 10.7. The summed E-state index contributed by atoms with van der Waals surface area (Å²) in [6.07, 6.45) is 0. The van der Waals surface area contributed by atoms with Crippen molar-refractivity contribution in [2.75, 3.05) is 4.31 Å². The Kier molecular flexibility index (Phi) is 5.87. The van der Waals surface area contributed by atoms with Crippen molar-refractivity contribution >= 4 is 33.4 Å². The van der Waals surface area contributed by atoms with Gasteiger partial charge in [0, 0.05) is 0 Å². The molecule has 1 unspecified atom stereocenters. The maximum absolute atomic E-state index is 13.8. The van der Waals surface area contributed by atoms with Crippen LogP contribution in [0.1, 0.15) is 44.3 Å². The average Bonchev–Trinajstić information content (AvgIpc) is 3.06. The van der Waals surface area contributed by atoms with E-state index >= 15 is 0 Å². The minimum absolute atomic E-state index is 0.0677. The van der Waals surface area contributed by atoms with Crippen LogP contribution < -0.4 is 4.31 Å². The number of anilines is 1. The lowest BCUT2D eigenvalue weighted by Crippen LogP contribution is -2.51. The molecule has 4 rings (SSSR count). The van der Waals surface area contributed by atoms with Gasteiger partial charge in [-0.2, -0.15) is 0 Å². The van der Waals surface area contributed by atoms with Crippen molar-refractivity contribution in [1.29, 1.82) is 0 Å². The molecule has 7 nitrogen and oxygen atoms in total. The highest BCUT2D eigenvalue weighted by atomic mass is 32.2. The molecule has 3 aromatic rings. The summed E-state index contributed by atoms with van der Waals surface area (Å²) in [7, 11) is -4.35. The predicted octanol–water partition coefficient (Wildman–Crippen LogP) is 4.02. The zero-order valence-corrected chi connectivity index (χ0v) is 20.1. The highest BCUT2D eigenvalue weighted by Crippen LogP contribution is 2.32. The second-order valence-corrected chi connectivity index (χ2v) is 10.1. The molecule has 0 N–H and O–H groups in total. The van der Waals surface area contributed by atoms with Crippen molar-refractivity contribution in [3.05, 3.63) is 94.5 Å². The van der Waals surface area contributed by atoms with Gasteiger partial charge in [0.1, 0.15) is 6.04 Å². The highest BCUT2D eigenvalue weighted by molar-refractivity contribution is 7.93. The highest BCUT2D eigenvalue weighted by Gasteiger charge is 2.44. The molecule has 8 heteroatoms. The summed E-state index contributed by atoms with van der Waals surface area (Å²) < 4.78 is 28.2. The first-order chi connectivity index (χ1) is 16.1. The van der Waals surface area contributed by atoms with Crippen LogP contribution >= 0.6 is 0 Å². The van der Waals surface area contributed by atoms with Gasteiger partial charge < -0.3 is 0 Å². The molecule has 3 amide bonds. The Bertz CT molecular complexity index is 1390. The van der Waals surface area contributed by atoms with Crippen LogP contribution in [0.3, 0.4) is 0 Å². The third-order valence-corrected chi connectivity index (χ3v) is 7.85. The third kappa shape index (κ3) is 3.70. The van der Waals surface area contributed by atoms with E-state index in [-0.39, 0.29) is 21.7 Å². The zero-order chi connectivity index (χ0) is 24.8. The maximum Gasteiger partial charge on any atom is 0.270 e. The van der Waals surface area contributed by atoms with E-state index in [9.17, 15) is 22.8 Å². The average molecular weight is 477 g/mol. The number of imide groups is 1. The number of benzene rings is 3. The SMILES string of the molecule is Cc1ccc(S(=O)(=O)N(C(=O)C(C)N2C(=O)c3ccccc3C2=O)c2cccc(C)c2C)cc1. The van der Waals surface area contributed by atoms with Gasteiger partial charge >= 0.3 is 0 Å². The van der Waals surface area contributed by atoms with Crippen LogP contribution in [0.2, 0.25) is 0 Å². The molecule has 0 saturated heterocycles. The van der Waals surface area contributed by atoms with Gasteiger partial charge in [-0.15, -0.1) is 0 Å². The molecule has 0 aromatic heterocycles. The standard InChI is InChI=1S/C26H24N2O5S/c1-16-12-14-20(15-13-16)34(32,33)28(23-11-7-8-17(2)18(23)3)24(29)19(4)27-25(30)21-9-5-6-10-22(21)26(27)31/h5-15,19H,1-4H3. The van der Waals surface area contributed by atoms with Crippen molar-refractivity contribution in [2.24, 2.45) is 0 Å². The lowest BCUT2D eigenvalue weighted by molar-refractivity contribution is -0.120. The minimum Gasteiger partial charge on any atom is -0.271 e. The molecule has 0 bridgehead atoms. The number of hydrogen-bond donors (Lipinski definition) is 0. The van der Waals surface area contributed by atoms with Crippen LogP contribution in [0.4, 0.5) is 5.69 Å². The summed E-state index contributed by atoms with van der Waals surface area (Å²) in [5.74, 6) is -2.16. The molecule has 1 heterocycles. The topological polar surface area (TPSA) is 91.8 Å². The Morgan fingerprint density at radius 2 is 1.38 bits per heavy atom. The van der Waals surface area contributed by atoms with Gasteiger partial charge in [0.15, 0.2) is 0 Å². The van der Waals surface area contributed by atoms with Crippen LogP contribution in [0.25, 0.3) is 0 Å². The summed E-state index contributed by atoms with van der Waals surface area (Å²) in [6.45, 7) is 6.73. The number of rotatable bonds is 5. The Hall–Kier alpha value is -3.78. The Morgan fingerprint density at radius 3 is 1.94 bits per heavy atom. The van der Waals surface area contributed by atoms with Crippen molar-refractivity contribution in [1.82, 2.24) is 4.90 Å². The van der Waals surface area contributed by atoms with Gasteiger partial charge in [-0.3, -0.25) is 19.3 Å². The lowest BCUT2D eigenvalue weighted by Gasteiger charge is -2.30. The molecule has 1 aliphatic rings. The van der Waals surface area contributed by atoms with Crippen LogP contribution in [0.5, 0.6) is 0 Å². The Balaban J connectivity index is 1.83. The van der Waals surface area contributed by atoms with E-state index in [0.717, 1.165) is 16.0 Å². The summed E-state index contributed by atoms with van der Waals surface area (Å²) in [5.41, 5.74) is 2.81. The molecule has 0 spiro atoms. The van der Waals surface area contributed by atoms with Crippen LogP contribution in [0, 0.1) is 20.8 Å². The number of fused-ring (bicyclic) bond motifs is 1. The Labute approximate surface area is 198 Å². The largest absolute Gasteiger partial charge is 0.271 e. The number of hydrogen-bond acceptors (Lipinski definition) is 5. The van der Waals surface area contributed by atoms with Gasteiger partial charge in [0.05, 0.1) is 21.7 Å². The quantitative estimate of drug-likeness (QED) is 0.519. The molecule has 3 aromatic carbocycles. The number of carbonyl (C=O) groups excluding carboxylic acids is 3. The summed E-state index contributed by atoms with van der Waals surface area (Å²) in [5, 5.41) is 0. The van der Waals surface area contributed by atoms with E-state index in [0.29, 0.717) is 9.87 Å². The number of amides is 3. The summed E-state index contributed by atoms with van der Waals surface area (Å²) in [4.78, 5) is 40.5. The molecule has 0 radical (unpaired) electrons. The van der Waals surface area contributed by atoms with E-state index in [1.165, 1.54) is 31.2 Å². The summed E-state index contributed by atoms with van der Waals surface area (Å²) in [6, 6.07) is 16.1. The normalized spacial score (nSPS) is 14.2. The van der Waals surface area contributed by atoms with Gasteiger partial charge in [-0.25, -0.2) is 12.7 Å². The number of nitrogens with zero attached hydrogens (tertiary/aromatic N) is 2. The fourth-order valence-electron chi connectivity index (χ4n) is 3.98. The van der Waals surface area contributed by atoms with Gasteiger partial charge in [0.25, 0.3) is 27.7 Å². The third-order valence-electron chi connectivity index (χ3n) is 6.12. The molecule has 0 fully saturated rings. The monoisotopic (exact) mass is 476 g/mol. The van der Waals surface area contributed by atoms with Crippen molar-refractivity contribution < 1.29 is 22.8 Å². The van der Waals surface area contributed by atoms with Gasteiger partial charge in [0.2, 0.25) is 0 Å². The van der Waals surface area contributed by atoms with Crippen LogP contribution in [-0.4, -0.2) is 37.1 Å². The van der Waals surface area contributed by atoms with Crippen molar-refractivity contribution in [3.8, 4) is 0 Å². The second-order valence-electron chi connectivity index (χ2n) is 8.34. The predicted molar refractivity (Wildman–Crippen MR) is 128 cm³/mol. The zero-order valence-electron chi connectivity index (χ0n) is 19.3. The van der Waals surface area contributed by atoms with Crippen molar-refractivity contribution in [2.45, 2.75) is 38.6 Å². The molecule has 174 valence electrons. The molecule has 34 heavy (non-hydrogen) atoms. The fraction of sp³-hybridized carbons (Fsp3) is 0.192.